The maximum atomic E-state index is 12.9. The molecule has 0 saturated carbocycles. The summed E-state index contributed by atoms with van der Waals surface area (Å²) in [5, 5.41) is 0. The van der Waals surface area contributed by atoms with E-state index in [4.69, 9.17) is 18.5 Å². The topological polar surface area (TPSA) is 111 Å². The van der Waals surface area contributed by atoms with Crippen LogP contribution in [0.2, 0.25) is 0 Å². The smallest absolute Gasteiger partial charge is 0.306 e. The fourth-order valence-corrected chi connectivity index (χ4v) is 10.3. The number of rotatable bonds is 63. The summed E-state index contributed by atoms with van der Waals surface area (Å²) in [6, 6.07) is 0. The second kappa shape index (κ2) is 63.4. The van der Waals surface area contributed by atoms with Gasteiger partial charge in [-0.05, 0) is 77.0 Å². The van der Waals surface area contributed by atoms with E-state index in [1.165, 1.54) is 180 Å². The van der Waals surface area contributed by atoms with Crippen molar-refractivity contribution in [2.45, 2.75) is 309 Å². The van der Waals surface area contributed by atoms with Gasteiger partial charge in [-0.2, -0.15) is 0 Å². The molecule has 0 aromatic rings. The Bertz CT molecular complexity index is 1720. The van der Waals surface area contributed by atoms with E-state index in [9.17, 15) is 19.0 Å². The zero-order valence-corrected chi connectivity index (χ0v) is 55.5. The van der Waals surface area contributed by atoms with Gasteiger partial charge in [-0.25, -0.2) is 0 Å². The molecular weight excluding hydrogens is 1050 g/mol. The van der Waals surface area contributed by atoms with Crippen molar-refractivity contribution >= 4 is 19.8 Å². The quantitative estimate of drug-likeness (QED) is 0.0195. The number of phosphoric ester groups is 1. The van der Waals surface area contributed by atoms with E-state index in [0.29, 0.717) is 17.4 Å². The Hall–Kier alpha value is -3.07. The van der Waals surface area contributed by atoms with Crippen LogP contribution >= 0.6 is 7.82 Å². The predicted molar refractivity (Wildman–Crippen MR) is 355 cm³/mol. The molecule has 0 aliphatic rings. The van der Waals surface area contributed by atoms with Crippen molar-refractivity contribution in [2.75, 3.05) is 47.5 Å². The molecule has 0 radical (unpaired) electrons. The maximum absolute atomic E-state index is 12.9. The minimum Gasteiger partial charge on any atom is -0.756 e. The number of phosphoric acid groups is 1. The summed E-state index contributed by atoms with van der Waals surface area (Å²) in [4.78, 5) is 38.0. The molecule has 2 atom stereocenters. The van der Waals surface area contributed by atoms with Gasteiger partial charge in [0, 0.05) is 12.8 Å². The molecule has 9 nitrogen and oxygen atoms in total. The minimum atomic E-state index is -4.64. The van der Waals surface area contributed by atoms with Crippen LogP contribution in [0.5, 0.6) is 0 Å². The number of likely N-dealkylation sites (N-methyl/N-ethyl adjacent to an activating group) is 1. The molecule has 480 valence electrons. The first-order valence-electron chi connectivity index (χ1n) is 34.4. The molecule has 0 spiro atoms. The Balaban J connectivity index is 4.06. The molecule has 10 heteroatoms. The van der Waals surface area contributed by atoms with Crippen molar-refractivity contribution in [1.82, 2.24) is 0 Å². The molecule has 83 heavy (non-hydrogen) atoms. The van der Waals surface area contributed by atoms with Gasteiger partial charge in [0.2, 0.25) is 0 Å². The van der Waals surface area contributed by atoms with Crippen LogP contribution in [0.4, 0.5) is 0 Å². The number of nitrogens with zero attached hydrogens (tertiary/aromatic N) is 1. The first kappa shape index (κ1) is 79.9. The van der Waals surface area contributed by atoms with Crippen LogP contribution in [0, 0.1) is 0 Å². The Kier molecular flexibility index (Phi) is 61.1. The van der Waals surface area contributed by atoms with E-state index in [-0.39, 0.29) is 32.0 Å². The number of esters is 2. The summed E-state index contributed by atoms with van der Waals surface area (Å²) in [6.07, 6.45) is 87.6. The number of quaternary nitrogens is 1. The van der Waals surface area contributed by atoms with Crippen LogP contribution in [-0.2, 0) is 32.7 Å². The van der Waals surface area contributed by atoms with Crippen molar-refractivity contribution in [3.63, 3.8) is 0 Å². The average molecular weight is 1180 g/mol. The van der Waals surface area contributed by atoms with Crippen LogP contribution < -0.4 is 4.89 Å². The van der Waals surface area contributed by atoms with Crippen molar-refractivity contribution in [3.8, 4) is 0 Å². The molecule has 0 bridgehead atoms. The van der Waals surface area contributed by atoms with E-state index in [1.807, 2.05) is 21.1 Å². The summed E-state index contributed by atoms with van der Waals surface area (Å²) < 4.78 is 34.3. The lowest BCUT2D eigenvalue weighted by Crippen LogP contribution is -2.37. The van der Waals surface area contributed by atoms with Crippen LogP contribution in [-0.4, -0.2) is 70.0 Å². The van der Waals surface area contributed by atoms with Crippen molar-refractivity contribution < 1.29 is 42.1 Å². The van der Waals surface area contributed by atoms with Crippen LogP contribution in [0.3, 0.4) is 0 Å². The molecule has 2 unspecified atom stereocenters. The third-order valence-corrected chi connectivity index (χ3v) is 15.8. The van der Waals surface area contributed by atoms with Gasteiger partial charge in [0.25, 0.3) is 7.82 Å². The molecule has 0 aliphatic carbocycles. The van der Waals surface area contributed by atoms with Crippen LogP contribution in [0.15, 0.2) is 97.2 Å². The van der Waals surface area contributed by atoms with Gasteiger partial charge in [-0.15, -0.1) is 0 Å². The highest BCUT2D eigenvalue weighted by Gasteiger charge is 2.22. The fraction of sp³-hybridized carbons (Fsp3) is 0.753. The normalized spacial score (nSPS) is 13.8. The standard InChI is InChI=1S/C73H130NO8P/c1-6-8-10-12-14-16-18-20-22-24-26-28-30-31-32-33-34-35-36-37-38-39-40-41-42-43-44-46-48-50-52-54-56-58-60-62-64-66-73(76)82-71(70-81-83(77,78)80-68-67-74(3,4)5)69-79-72(75)65-63-61-59-57-55-53-51-49-47-45-29-27-25-23-21-19-17-15-13-11-9-7-2/h8,10,14,16,20,22,26,28,31-32,34-35,37-38,40-41,71H,6-7,9,11-13,15,17-19,21,23-25,27,29-30,33,36,39,42-70H2,1-5H3/b10-8-,16-14-,22-20-,28-26-,32-31-,35-34-,38-37-,41-40-. The second-order valence-electron chi connectivity index (χ2n) is 24.2. The third-order valence-electron chi connectivity index (χ3n) is 14.9. The van der Waals surface area contributed by atoms with Crippen molar-refractivity contribution in [2.24, 2.45) is 0 Å². The van der Waals surface area contributed by atoms with Gasteiger partial charge in [0.05, 0.1) is 27.7 Å². The molecule has 0 aromatic heterocycles. The monoisotopic (exact) mass is 1180 g/mol. The van der Waals surface area contributed by atoms with Crippen molar-refractivity contribution in [3.05, 3.63) is 97.2 Å². The highest BCUT2D eigenvalue weighted by Crippen LogP contribution is 2.38. The highest BCUT2D eigenvalue weighted by molar-refractivity contribution is 7.45. The lowest BCUT2D eigenvalue weighted by molar-refractivity contribution is -0.870. The second-order valence-corrected chi connectivity index (χ2v) is 25.6. The van der Waals surface area contributed by atoms with Crippen LogP contribution in [0.1, 0.15) is 303 Å². The van der Waals surface area contributed by atoms with Gasteiger partial charge in [0.1, 0.15) is 19.8 Å². The van der Waals surface area contributed by atoms with E-state index in [2.05, 4.69) is 111 Å². The van der Waals surface area contributed by atoms with Gasteiger partial charge in [0.15, 0.2) is 6.10 Å². The molecule has 0 fully saturated rings. The first-order valence-corrected chi connectivity index (χ1v) is 35.9. The fourth-order valence-electron chi connectivity index (χ4n) is 9.62. The third kappa shape index (κ3) is 67.9. The number of unbranched alkanes of at least 4 members (excludes halogenated alkanes) is 33. The van der Waals surface area contributed by atoms with Gasteiger partial charge >= 0.3 is 11.9 Å². The van der Waals surface area contributed by atoms with Crippen molar-refractivity contribution in [1.29, 1.82) is 0 Å². The average Bonchev–Trinajstić information content (AvgIpc) is 3.49. The van der Waals surface area contributed by atoms with Gasteiger partial charge < -0.3 is 27.9 Å². The largest absolute Gasteiger partial charge is 0.756 e. The summed E-state index contributed by atoms with van der Waals surface area (Å²) in [5.41, 5.74) is 0. The number of allylic oxidation sites excluding steroid dienone is 16. The number of ether oxygens (including phenoxy) is 2. The molecular formula is C73H130NO8P. The number of hydrogen-bond donors (Lipinski definition) is 0. The zero-order chi connectivity index (χ0) is 60.5. The molecule has 0 rings (SSSR count). The lowest BCUT2D eigenvalue weighted by atomic mass is 10.0. The number of carbonyl (C=O) groups excluding carboxylic acids is 2. The number of hydrogen-bond acceptors (Lipinski definition) is 8. The SMILES string of the molecule is CC/C=C\C/C=C\C/C=C\C/C=C\C/C=C\C/C=C\C/C=C\C/C=C\CCCCCCCCCCCCCCC(=O)OC(COC(=O)CCCCCCCCCCCCCCCCCCCCCCCC)COP(=O)([O-])OCC[N+](C)(C)C. The Morgan fingerprint density at radius 3 is 1.02 bits per heavy atom. The summed E-state index contributed by atoms with van der Waals surface area (Å²) in [5.74, 6) is -0.826. The van der Waals surface area contributed by atoms with Crippen LogP contribution in [0.25, 0.3) is 0 Å². The minimum absolute atomic E-state index is 0.0327. The van der Waals surface area contributed by atoms with E-state index in [0.717, 1.165) is 89.9 Å². The molecule has 0 N–H and O–H groups in total. The Labute approximate surface area is 513 Å². The lowest BCUT2D eigenvalue weighted by Gasteiger charge is -2.28. The zero-order valence-electron chi connectivity index (χ0n) is 54.6. The molecule has 0 aliphatic heterocycles. The molecule has 0 saturated heterocycles. The van der Waals surface area contributed by atoms with E-state index < -0.39 is 26.5 Å². The predicted octanol–water partition coefficient (Wildman–Crippen LogP) is 21.7. The Morgan fingerprint density at radius 1 is 0.386 bits per heavy atom. The number of carbonyl (C=O) groups is 2. The summed E-state index contributed by atoms with van der Waals surface area (Å²) in [7, 11) is 1.17. The van der Waals surface area contributed by atoms with E-state index in [1.54, 1.807) is 0 Å². The first-order chi connectivity index (χ1) is 40.5. The van der Waals surface area contributed by atoms with E-state index >= 15 is 0 Å². The Morgan fingerprint density at radius 2 is 0.687 bits per heavy atom. The summed E-state index contributed by atoms with van der Waals surface area (Å²) in [6.45, 7) is 4.16. The molecule has 0 heterocycles. The highest BCUT2D eigenvalue weighted by atomic mass is 31.2. The maximum Gasteiger partial charge on any atom is 0.306 e. The molecule has 0 amide bonds. The molecule has 0 aromatic carbocycles. The summed E-state index contributed by atoms with van der Waals surface area (Å²) >= 11 is 0. The van der Waals surface area contributed by atoms with Gasteiger partial charge in [-0.1, -0.05) is 310 Å². The van der Waals surface area contributed by atoms with Gasteiger partial charge in [-0.3, -0.25) is 14.2 Å².